The van der Waals surface area contributed by atoms with E-state index in [0.29, 0.717) is 0 Å². The molecule has 0 radical (unpaired) electrons. The van der Waals surface area contributed by atoms with E-state index in [0.717, 1.165) is 61.1 Å². The lowest BCUT2D eigenvalue weighted by atomic mass is 9.91. The zero-order valence-electron chi connectivity index (χ0n) is 18.4. The molecule has 1 heterocycles. The molecule has 0 bridgehead atoms. The Morgan fingerprint density at radius 1 is 0.647 bits per heavy atom. The number of nitrogen functional groups attached to an aromatic ring is 1. The van der Waals surface area contributed by atoms with Crippen molar-refractivity contribution in [2.24, 2.45) is 5.84 Å². The van der Waals surface area contributed by atoms with Gasteiger partial charge in [-0.3, -0.25) is 5.01 Å². The number of para-hydroxylation sites is 2. The quantitative estimate of drug-likeness (QED) is 0.142. The maximum absolute atomic E-state index is 6.80. The number of nitrogens with zero attached hydrogens (tertiary/aromatic N) is 1. The van der Waals surface area contributed by atoms with E-state index in [1.165, 1.54) is 10.8 Å². The Balaban J connectivity index is 1.62. The van der Waals surface area contributed by atoms with E-state index < -0.39 is 0 Å². The summed E-state index contributed by atoms with van der Waals surface area (Å²) in [6.07, 6.45) is 0. The van der Waals surface area contributed by atoms with Crippen molar-refractivity contribution in [1.82, 2.24) is 0 Å². The van der Waals surface area contributed by atoms with Crippen LogP contribution in [0.1, 0.15) is 0 Å². The predicted molar refractivity (Wildman–Crippen MR) is 145 cm³/mol. The highest BCUT2D eigenvalue weighted by Gasteiger charge is 2.26. The molecule has 162 valence electrons. The first-order valence-corrected chi connectivity index (χ1v) is 11.4. The highest BCUT2D eigenvalue weighted by atomic mass is 15.4. The van der Waals surface area contributed by atoms with Gasteiger partial charge in [0.1, 0.15) is 0 Å². The van der Waals surface area contributed by atoms with Gasteiger partial charge in [-0.25, -0.2) is 5.84 Å². The van der Waals surface area contributed by atoms with Crippen LogP contribution in [0.5, 0.6) is 0 Å². The number of hydrogen-bond acceptors (Lipinski definition) is 4. The predicted octanol–water partition coefficient (Wildman–Crippen LogP) is 7.46. The van der Waals surface area contributed by atoms with Crippen LogP contribution >= 0.6 is 0 Å². The fourth-order valence-electron chi connectivity index (χ4n) is 5.39. The van der Waals surface area contributed by atoms with Crippen molar-refractivity contribution in [3.05, 3.63) is 103 Å². The van der Waals surface area contributed by atoms with Crippen LogP contribution in [0.15, 0.2) is 103 Å². The number of benzene rings is 6. The minimum atomic E-state index is 0.742. The molecule has 0 spiro atoms. The number of hydrogen-bond donors (Lipinski definition) is 3. The average molecular weight is 439 g/mol. The molecule has 6 aromatic carbocycles. The zero-order chi connectivity index (χ0) is 22.8. The molecule has 6 aromatic rings. The summed E-state index contributed by atoms with van der Waals surface area (Å²) in [5.41, 5.74) is 13.6. The average Bonchev–Trinajstić information content (AvgIpc) is 2.88. The molecule has 0 fully saturated rings. The number of fused-ring (bicyclic) bond motifs is 8. The van der Waals surface area contributed by atoms with Crippen LogP contribution in [-0.4, -0.2) is 0 Å². The van der Waals surface area contributed by atoms with Gasteiger partial charge >= 0.3 is 0 Å². The molecular weight excluding hydrogens is 416 g/mol. The third kappa shape index (κ3) is 2.57. The maximum Gasteiger partial charge on any atom is 0.0896 e. The Hall–Kier alpha value is -4.54. The first-order chi connectivity index (χ1) is 16.7. The second-order valence-electron chi connectivity index (χ2n) is 8.80. The third-order valence-corrected chi connectivity index (χ3v) is 6.89. The molecule has 4 nitrogen and oxygen atoms in total. The molecule has 0 saturated carbocycles. The van der Waals surface area contributed by atoms with E-state index in [-0.39, 0.29) is 0 Å². The summed E-state index contributed by atoms with van der Waals surface area (Å²) < 4.78 is 0. The number of nitrogens with two attached hydrogens (primary N) is 2. The Kier molecular flexibility index (Phi) is 3.89. The SMILES string of the molecule is Nc1cc(-c2cccc3ccccc23)cc2c3c(c4ccccc4c12)Nc1ccccc1N3N. The number of hydrazine groups is 1. The fourth-order valence-corrected chi connectivity index (χ4v) is 5.39. The molecule has 0 atom stereocenters. The Morgan fingerprint density at radius 2 is 1.35 bits per heavy atom. The molecule has 0 aromatic heterocycles. The summed E-state index contributed by atoms with van der Waals surface area (Å²) in [4.78, 5) is 0. The summed E-state index contributed by atoms with van der Waals surface area (Å²) in [5.74, 6) is 6.80. The van der Waals surface area contributed by atoms with E-state index >= 15 is 0 Å². The van der Waals surface area contributed by atoms with Crippen LogP contribution in [0.25, 0.3) is 43.4 Å². The van der Waals surface area contributed by atoms with Crippen molar-refractivity contribution < 1.29 is 0 Å². The molecule has 4 heteroatoms. The van der Waals surface area contributed by atoms with Gasteiger partial charge in [0.15, 0.2) is 0 Å². The van der Waals surface area contributed by atoms with Crippen LogP contribution in [0.4, 0.5) is 28.4 Å². The van der Waals surface area contributed by atoms with Gasteiger partial charge in [0.05, 0.1) is 22.7 Å². The lowest BCUT2D eigenvalue weighted by molar-refractivity contribution is 1.09. The molecule has 5 N–H and O–H groups in total. The molecule has 0 amide bonds. The Bertz CT molecular complexity index is 1760. The van der Waals surface area contributed by atoms with Crippen molar-refractivity contribution in [3.63, 3.8) is 0 Å². The van der Waals surface area contributed by atoms with E-state index in [1.54, 1.807) is 5.01 Å². The van der Waals surface area contributed by atoms with Gasteiger partial charge in [-0.15, -0.1) is 0 Å². The van der Waals surface area contributed by atoms with Gasteiger partial charge in [0.2, 0.25) is 0 Å². The third-order valence-electron chi connectivity index (χ3n) is 6.89. The summed E-state index contributed by atoms with van der Waals surface area (Å²) in [5, 5.41) is 12.1. The minimum absolute atomic E-state index is 0.742. The Morgan fingerprint density at radius 3 is 2.24 bits per heavy atom. The smallest absolute Gasteiger partial charge is 0.0896 e. The molecule has 0 aliphatic carbocycles. The topological polar surface area (TPSA) is 67.3 Å². The maximum atomic E-state index is 6.80. The lowest BCUT2D eigenvalue weighted by Crippen LogP contribution is -2.29. The molecule has 7 rings (SSSR count). The summed E-state index contributed by atoms with van der Waals surface area (Å²) >= 11 is 0. The van der Waals surface area contributed by atoms with Crippen molar-refractivity contribution in [2.75, 3.05) is 16.1 Å². The molecule has 1 aliphatic heterocycles. The van der Waals surface area contributed by atoms with E-state index in [4.69, 9.17) is 11.6 Å². The lowest BCUT2D eigenvalue weighted by Gasteiger charge is -2.33. The van der Waals surface area contributed by atoms with Crippen LogP contribution in [-0.2, 0) is 0 Å². The van der Waals surface area contributed by atoms with Crippen LogP contribution < -0.4 is 21.9 Å². The second-order valence-corrected chi connectivity index (χ2v) is 8.80. The standard InChI is InChI=1S/C30H22N4/c31-25-17-19(21-13-7-9-18-8-1-2-10-20(18)21)16-24-28(25)22-11-3-4-12-23(22)29-30(24)34(32)27-15-6-5-14-26(27)33-29/h1-17,33H,31-32H2. The van der Waals surface area contributed by atoms with E-state index in [1.807, 2.05) is 18.2 Å². The van der Waals surface area contributed by atoms with Gasteiger partial charge in [0.25, 0.3) is 0 Å². The summed E-state index contributed by atoms with van der Waals surface area (Å²) in [6.45, 7) is 0. The van der Waals surface area contributed by atoms with Crippen molar-refractivity contribution in [1.29, 1.82) is 0 Å². The highest BCUT2D eigenvalue weighted by Crippen LogP contribution is 2.51. The second kappa shape index (κ2) is 6.98. The number of rotatable bonds is 1. The van der Waals surface area contributed by atoms with Gasteiger partial charge in [0, 0.05) is 21.8 Å². The number of anilines is 5. The zero-order valence-corrected chi connectivity index (χ0v) is 18.4. The first kappa shape index (κ1) is 19.0. The highest BCUT2D eigenvalue weighted by molar-refractivity contribution is 6.26. The van der Waals surface area contributed by atoms with Crippen LogP contribution in [0.2, 0.25) is 0 Å². The normalized spacial score (nSPS) is 12.6. The van der Waals surface area contributed by atoms with Gasteiger partial charge < -0.3 is 11.1 Å². The monoisotopic (exact) mass is 438 g/mol. The summed E-state index contributed by atoms with van der Waals surface area (Å²) in [6, 6.07) is 35.6. The van der Waals surface area contributed by atoms with E-state index in [2.05, 4.69) is 90.2 Å². The molecule has 1 aliphatic rings. The largest absolute Gasteiger partial charge is 0.398 e. The Labute approximate surface area is 197 Å². The van der Waals surface area contributed by atoms with Crippen LogP contribution in [0, 0.1) is 0 Å². The minimum Gasteiger partial charge on any atom is -0.398 e. The first-order valence-electron chi connectivity index (χ1n) is 11.4. The van der Waals surface area contributed by atoms with Crippen molar-refractivity contribution in [2.45, 2.75) is 0 Å². The van der Waals surface area contributed by atoms with Gasteiger partial charge in [-0.1, -0.05) is 78.9 Å². The molecule has 34 heavy (non-hydrogen) atoms. The molecule has 0 saturated heterocycles. The fraction of sp³-hybridized carbons (Fsp3) is 0. The molecule has 0 unspecified atom stereocenters. The van der Waals surface area contributed by atoms with Crippen molar-refractivity contribution >= 4 is 60.8 Å². The number of nitrogens with one attached hydrogen (secondary N) is 1. The van der Waals surface area contributed by atoms with Gasteiger partial charge in [-0.05, 0) is 51.6 Å². The van der Waals surface area contributed by atoms with Crippen molar-refractivity contribution in [3.8, 4) is 11.1 Å². The van der Waals surface area contributed by atoms with Crippen LogP contribution in [0.3, 0.4) is 0 Å². The van der Waals surface area contributed by atoms with E-state index in [9.17, 15) is 0 Å². The van der Waals surface area contributed by atoms with Gasteiger partial charge in [-0.2, -0.15) is 0 Å². The summed E-state index contributed by atoms with van der Waals surface area (Å²) in [7, 11) is 0. The molecular formula is C30H22N4.